The zero-order valence-corrected chi connectivity index (χ0v) is 10.3. The smallest absolute Gasteiger partial charge is 0.213 e. The van der Waals surface area contributed by atoms with E-state index >= 15 is 0 Å². The minimum absolute atomic E-state index is 0.642. The highest BCUT2D eigenvalue weighted by atomic mass is 32.1. The molecule has 0 aliphatic rings. The SMILES string of the molecule is CCCc1ncc(-c2cccc(OC)n2)s1. The van der Waals surface area contributed by atoms with Crippen molar-refractivity contribution in [2.45, 2.75) is 19.8 Å². The van der Waals surface area contributed by atoms with Gasteiger partial charge in [0.05, 0.1) is 22.7 Å². The summed E-state index contributed by atoms with van der Waals surface area (Å²) in [6.45, 7) is 2.16. The summed E-state index contributed by atoms with van der Waals surface area (Å²) in [7, 11) is 1.63. The van der Waals surface area contributed by atoms with E-state index in [-0.39, 0.29) is 0 Å². The number of rotatable bonds is 4. The lowest BCUT2D eigenvalue weighted by Gasteiger charge is -1.99. The number of aromatic nitrogens is 2. The molecule has 3 nitrogen and oxygen atoms in total. The third-order valence-corrected chi connectivity index (χ3v) is 3.28. The van der Waals surface area contributed by atoms with Gasteiger partial charge in [0.25, 0.3) is 0 Å². The molecule has 84 valence electrons. The van der Waals surface area contributed by atoms with Crippen molar-refractivity contribution in [3.05, 3.63) is 29.4 Å². The summed E-state index contributed by atoms with van der Waals surface area (Å²) in [4.78, 5) is 9.86. The Morgan fingerprint density at radius 3 is 3.00 bits per heavy atom. The van der Waals surface area contributed by atoms with Gasteiger partial charge in [-0.3, -0.25) is 0 Å². The Kier molecular flexibility index (Phi) is 3.51. The number of pyridine rings is 1. The zero-order chi connectivity index (χ0) is 11.4. The standard InChI is InChI=1S/C12H14N2OS/c1-3-5-12-13-8-10(16-12)9-6-4-7-11(14-9)15-2/h4,6-8H,3,5H2,1-2H3. The highest BCUT2D eigenvalue weighted by Gasteiger charge is 2.05. The largest absolute Gasteiger partial charge is 0.481 e. The van der Waals surface area contributed by atoms with Gasteiger partial charge < -0.3 is 4.74 Å². The number of hydrogen-bond donors (Lipinski definition) is 0. The molecule has 0 aliphatic heterocycles. The maximum absolute atomic E-state index is 5.10. The fourth-order valence-corrected chi connectivity index (χ4v) is 2.41. The molecule has 0 saturated carbocycles. The van der Waals surface area contributed by atoms with Crippen LogP contribution in [-0.4, -0.2) is 17.1 Å². The number of ether oxygens (including phenoxy) is 1. The summed E-state index contributed by atoms with van der Waals surface area (Å²) in [6.07, 6.45) is 4.05. The van der Waals surface area contributed by atoms with Gasteiger partial charge in [-0.1, -0.05) is 13.0 Å². The van der Waals surface area contributed by atoms with E-state index in [0.29, 0.717) is 5.88 Å². The minimum atomic E-state index is 0.642. The molecule has 0 spiro atoms. The molecular formula is C12H14N2OS. The van der Waals surface area contributed by atoms with Crippen molar-refractivity contribution >= 4 is 11.3 Å². The topological polar surface area (TPSA) is 35.0 Å². The van der Waals surface area contributed by atoms with Crippen molar-refractivity contribution in [1.82, 2.24) is 9.97 Å². The Balaban J connectivity index is 2.27. The molecule has 16 heavy (non-hydrogen) atoms. The Bertz CT molecular complexity index is 468. The summed E-state index contributed by atoms with van der Waals surface area (Å²) in [5, 5.41) is 1.17. The first kappa shape index (κ1) is 11.1. The number of thiazole rings is 1. The zero-order valence-electron chi connectivity index (χ0n) is 9.43. The van der Waals surface area contributed by atoms with Gasteiger partial charge in [-0.2, -0.15) is 0 Å². The monoisotopic (exact) mass is 234 g/mol. The van der Waals surface area contributed by atoms with Crippen molar-refractivity contribution in [1.29, 1.82) is 0 Å². The molecule has 0 amide bonds. The summed E-state index contributed by atoms with van der Waals surface area (Å²) < 4.78 is 5.10. The first-order chi connectivity index (χ1) is 7.83. The van der Waals surface area contributed by atoms with Crippen LogP contribution >= 0.6 is 11.3 Å². The van der Waals surface area contributed by atoms with Crippen LogP contribution < -0.4 is 4.74 Å². The van der Waals surface area contributed by atoms with E-state index < -0.39 is 0 Å². The van der Waals surface area contributed by atoms with E-state index in [1.54, 1.807) is 18.4 Å². The van der Waals surface area contributed by atoms with Crippen LogP contribution in [0.1, 0.15) is 18.4 Å². The molecule has 2 aromatic heterocycles. The predicted molar refractivity (Wildman–Crippen MR) is 65.9 cm³/mol. The van der Waals surface area contributed by atoms with Crippen molar-refractivity contribution in [2.75, 3.05) is 7.11 Å². The Labute approximate surface area is 99.1 Å². The average molecular weight is 234 g/mol. The summed E-state index contributed by atoms with van der Waals surface area (Å²) in [6, 6.07) is 5.77. The van der Waals surface area contributed by atoms with E-state index in [0.717, 1.165) is 23.4 Å². The maximum atomic E-state index is 5.10. The van der Waals surface area contributed by atoms with E-state index in [2.05, 4.69) is 16.9 Å². The van der Waals surface area contributed by atoms with Gasteiger partial charge in [0.2, 0.25) is 5.88 Å². The third-order valence-electron chi connectivity index (χ3n) is 2.20. The summed E-state index contributed by atoms with van der Waals surface area (Å²) >= 11 is 1.70. The number of nitrogens with zero attached hydrogens (tertiary/aromatic N) is 2. The number of hydrogen-bond acceptors (Lipinski definition) is 4. The normalized spacial score (nSPS) is 10.4. The van der Waals surface area contributed by atoms with Crippen LogP contribution in [0.3, 0.4) is 0 Å². The van der Waals surface area contributed by atoms with E-state index in [1.807, 2.05) is 24.4 Å². The molecule has 0 saturated heterocycles. The fraction of sp³-hybridized carbons (Fsp3) is 0.333. The molecule has 0 aromatic carbocycles. The average Bonchev–Trinajstić information content (AvgIpc) is 2.78. The van der Waals surface area contributed by atoms with Gasteiger partial charge in [0, 0.05) is 12.3 Å². The fourth-order valence-electron chi connectivity index (χ4n) is 1.42. The van der Waals surface area contributed by atoms with Gasteiger partial charge in [-0.25, -0.2) is 9.97 Å². The Hall–Kier alpha value is -1.42. The highest BCUT2D eigenvalue weighted by molar-refractivity contribution is 7.15. The van der Waals surface area contributed by atoms with Crippen molar-refractivity contribution in [3.8, 4) is 16.5 Å². The van der Waals surface area contributed by atoms with Crippen molar-refractivity contribution < 1.29 is 4.74 Å². The lowest BCUT2D eigenvalue weighted by atomic mass is 10.3. The van der Waals surface area contributed by atoms with Crippen LogP contribution in [0.25, 0.3) is 10.6 Å². The Morgan fingerprint density at radius 1 is 1.38 bits per heavy atom. The van der Waals surface area contributed by atoms with Crippen LogP contribution in [0.5, 0.6) is 5.88 Å². The van der Waals surface area contributed by atoms with Crippen LogP contribution in [-0.2, 0) is 6.42 Å². The van der Waals surface area contributed by atoms with Crippen LogP contribution in [0.4, 0.5) is 0 Å². The molecule has 0 bridgehead atoms. The molecule has 0 aliphatic carbocycles. The molecule has 0 radical (unpaired) electrons. The number of methoxy groups -OCH3 is 1. The van der Waals surface area contributed by atoms with Crippen molar-refractivity contribution in [2.24, 2.45) is 0 Å². The van der Waals surface area contributed by atoms with Crippen LogP contribution in [0.2, 0.25) is 0 Å². The van der Waals surface area contributed by atoms with Gasteiger partial charge in [0.1, 0.15) is 0 Å². The minimum Gasteiger partial charge on any atom is -0.481 e. The molecule has 0 atom stereocenters. The van der Waals surface area contributed by atoms with Crippen LogP contribution in [0.15, 0.2) is 24.4 Å². The van der Waals surface area contributed by atoms with Gasteiger partial charge in [-0.05, 0) is 18.9 Å². The van der Waals surface area contributed by atoms with Gasteiger partial charge in [-0.15, -0.1) is 11.3 Å². The van der Waals surface area contributed by atoms with E-state index in [4.69, 9.17) is 4.74 Å². The summed E-state index contributed by atoms with van der Waals surface area (Å²) in [5.74, 6) is 0.642. The third kappa shape index (κ3) is 2.39. The second-order valence-electron chi connectivity index (χ2n) is 3.43. The Morgan fingerprint density at radius 2 is 2.25 bits per heavy atom. The van der Waals surface area contributed by atoms with Crippen molar-refractivity contribution in [3.63, 3.8) is 0 Å². The molecule has 4 heteroatoms. The molecule has 2 heterocycles. The molecule has 2 aromatic rings. The van der Waals surface area contributed by atoms with Gasteiger partial charge >= 0.3 is 0 Å². The lowest BCUT2D eigenvalue weighted by molar-refractivity contribution is 0.398. The molecule has 0 fully saturated rings. The molecule has 0 unspecified atom stereocenters. The first-order valence-electron chi connectivity index (χ1n) is 5.29. The second-order valence-corrected chi connectivity index (χ2v) is 4.55. The molecular weight excluding hydrogens is 220 g/mol. The summed E-state index contributed by atoms with van der Waals surface area (Å²) in [5.41, 5.74) is 0.930. The molecule has 2 rings (SSSR count). The molecule has 0 N–H and O–H groups in total. The predicted octanol–water partition coefficient (Wildman–Crippen LogP) is 3.17. The van der Waals surface area contributed by atoms with E-state index in [1.165, 1.54) is 5.01 Å². The van der Waals surface area contributed by atoms with Gasteiger partial charge in [0.15, 0.2) is 0 Å². The second kappa shape index (κ2) is 5.07. The van der Waals surface area contributed by atoms with Crippen LogP contribution in [0, 0.1) is 0 Å². The highest BCUT2D eigenvalue weighted by Crippen LogP contribution is 2.26. The quantitative estimate of drug-likeness (QED) is 0.815. The first-order valence-corrected chi connectivity index (χ1v) is 6.11. The lowest BCUT2D eigenvalue weighted by Crippen LogP contribution is -1.87. The van der Waals surface area contributed by atoms with E-state index in [9.17, 15) is 0 Å². The number of aryl methyl sites for hydroxylation is 1. The maximum Gasteiger partial charge on any atom is 0.213 e.